The maximum Gasteiger partial charge on any atom is 0.334 e. The van der Waals surface area contributed by atoms with Gasteiger partial charge < -0.3 is 4.74 Å². The van der Waals surface area contributed by atoms with E-state index in [4.69, 9.17) is 4.74 Å². The van der Waals surface area contributed by atoms with Crippen LogP contribution in [0.15, 0.2) is 11.1 Å². The van der Waals surface area contributed by atoms with Gasteiger partial charge in [-0.25, -0.2) is 4.79 Å². The van der Waals surface area contributed by atoms with Crippen molar-refractivity contribution in [3.8, 4) is 0 Å². The number of rotatable bonds is 1. The normalized spacial score (nSPS) is 21.5. The SMILES string of the molecule is COC(=O)C1=C([11CH3])CCCC1(C)C. The minimum atomic E-state index is -0.151. The first-order valence-corrected chi connectivity index (χ1v) is 4.77. The molecule has 1 aliphatic rings. The second-order valence-electron chi connectivity index (χ2n) is 4.38. The first kappa shape index (κ1) is 10.3. The summed E-state index contributed by atoms with van der Waals surface area (Å²) >= 11 is 0. The van der Waals surface area contributed by atoms with Crippen LogP contribution in [0.4, 0.5) is 0 Å². The molecule has 2 nitrogen and oxygen atoms in total. The molecule has 0 radical (unpaired) electrons. The van der Waals surface area contributed by atoms with Gasteiger partial charge in [0, 0.05) is 5.57 Å². The highest BCUT2D eigenvalue weighted by Gasteiger charge is 2.33. The van der Waals surface area contributed by atoms with E-state index < -0.39 is 0 Å². The van der Waals surface area contributed by atoms with Gasteiger partial charge in [0.1, 0.15) is 0 Å². The van der Waals surface area contributed by atoms with Crippen molar-refractivity contribution in [1.82, 2.24) is 0 Å². The van der Waals surface area contributed by atoms with Crippen LogP contribution >= 0.6 is 0 Å². The minimum absolute atomic E-state index is 0.00454. The summed E-state index contributed by atoms with van der Waals surface area (Å²) in [6.45, 7) is 6.26. The lowest BCUT2D eigenvalue weighted by Crippen LogP contribution is -2.26. The number of allylic oxidation sites excluding steroid dienone is 1. The zero-order chi connectivity index (χ0) is 10.1. The molecule has 2 heteroatoms. The van der Waals surface area contributed by atoms with Crippen molar-refractivity contribution in [2.45, 2.75) is 40.0 Å². The van der Waals surface area contributed by atoms with E-state index in [1.807, 2.05) is 6.92 Å². The molecule has 1 rings (SSSR count). The van der Waals surface area contributed by atoms with Crippen LogP contribution < -0.4 is 0 Å². The third kappa shape index (κ3) is 1.93. The van der Waals surface area contributed by atoms with Crippen molar-refractivity contribution >= 4 is 5.97 Å². The third-order valence-electron chi connectivity index (χ3n) is 2.85. The van der Waals surface area contributed by atoms with Crippen molar-refractivity contribution < 1.29 is 9.53 Å². The van der Waals surface area contributed by atoms with Gasteiger partial charge in [-0.05, 0) is 31.6 Å². The molecule has 0 heterocycles. The standard InChI is InChI=1S/C11H18O2/c1-8-6-5-7-11(2,3)9(8)10(12)13-4/h5-7H2,1-4H3/i1-1. The first-order chi connectivity index (χ1) is 5.99. The zero-order valence-corrected chi connectivity index (χ0v) is 8.94. The van der Waals surface area contributed by atoms with Crippen LogP contribution in [0.25, 0.3) is 0 Å². The molecule has 1 aliphatic carbocycles. The van der Waals surface area contributed by atoms with Crippen molar-refractivity contribution in [3.05, 3.63) is 11.1 Å². The van der Waals surface area contributed by atoms with Crippen molar-refractivity contribution in [1.29, 1.82) is 0 Å². The number of carbonyl (C=O) groups is 1. The monoisotopic (exact) mass is 181 g/mol. The summed E-state index contributed by atoms with van der Waals surface area (Å²) in [6, 6.07) is 0. The highest BCUT2D eigenvalue weighted by Crippen LogP contribution is 2.40. The number of hydrogen-bond donors (Lipinski definition) is 0. The summed E-state index contributed by atoms with van der Waals surface area (Å²) in [5.41, 5.74) is 2.08. The Morgan fingerprint density at radius 2 is 2.08 bits per heavy atom. The Bertz CT molecular complexity index is 249. The molecule has 0 saturated carbocycles. The molecule has 0 atom stereocenters. The molecule has 0 aliphatic heterocycles. The molecule has 0 aromatic carbocycles. The lowest BCUT2D eigenvalue weighted by molar-refractivity contribution is -0.137. The van der Waals surface area contributed by atoms with Gasteiger partial charge in [0.25, 0.3) is 0 Å². The second kappa shape index (κ2) is 3.52. The van der Waals surface area contributed by atoms with Crippen LogP contribution in [0.3, 0.4) is 0 Å². The molecule has 74 valence electrons. The summed E-state index contributed by atoms with van der Waals surface area (Å²) in [7, 11) is 1.45. The van der Waals surface area contributed by atoms with Gasteiger partial charge >= 0.3 is 5.97 Å². The smallest absolute Gasteiger partial charge is 0.334 e. The average molecular weight is 181 g/mol. The summed E-state index contributed by atoms with van der Waals surface area (Å²) < 4.78 is 4.80. The van der Waals surface area contributed by atoms with E-state index in [0.717, 1.165) is 18.4 Å². The third-order valence-corrected chi connectivity index (χ3v) is 2.85. The number of methoxy groups -OCH3 is 1. The fourth-order valence-corrected chi connectivity index (χ4v) is 2.18. The van der Waals surface area contributed by atoms with E-state index >= 15 is 0 Å². The molecule has 0 amide bonds. The van der Waals surface area contributed by atoms with Gasteiger partial charge in [0.2, 0.25) is 0 Å². The zero-order valence-electron chi connectivity index (χ0n) is 8.94. The van der Waals surface area contributed by atoms with Crippen LogP contribution in [0.1, 0.15) is 40.0 Å². The highest BCUT2D eigenvalue weighted by molar-refractivity contribution is 5.90. The van der Waals surface area contributed by atoms with E-state index in [1.54, 1.807) is 0 Å². The fraction of sp³-hybridized carbons (Fsp3) is 0.727. The number of hydrogen-bond acceptors (Lipinski definition) is 2. The Morgan fingerprint density at radius 3 is 2.54 bits per heavy atom. The molecule has 0 saturated heterocycles. The van der Waals surface area contributed by atoms with Crippen LogP contribution in [0.5, 0.6) is 0 Å². The van der Waals surface area contributed by atoms with E-state index in [2.05, 4.69) is 13.8 Å². The molecule has 0 spiro atoms. The second-order valence-corrected chi connectivity index (χ2v) is 4.38. The van der Waals surface area contributed by atoms with E-state index in [0.29, 0.717) is 0 Å². The maximum atomic E-state index is 11.5. The van der Waals surface area contributed by atoms with Crippen molar-refractivity contribution in [2.24, 2.45) is 5.41 Å². The van der Waals surface area contributed by atoms with Gasteiger partial charge in [-0.3, -0.25) is 0 Å². The van der Waals surface area contributed by atoms with Crippen molar-refractivity contribution in [3.63, 3.8) is 0 Å². The van der Waals surface area contributed by atoms with Crippen LogP contribution in [0.2, 0.25) is 0 Å². The predicted molar refractivity (Wildman–Crippen MR) is 52.3 cm³/mol. The Morgan fingerprint density at radius 1 is 1.46 bits per heavy atom. The molecule has 0 aromatic heterocycles. The number of ether oxygens (including phenoxy) is 1. The van der Waals surface area contributed by atoms with Gasteiger partial charge in [-0.2, -0.15) is 0 Å². The fourth-order valence-electron chi connectivity index (χ4n) is 2.18. The van der Waals surface area contributed by atoms with Crippen molar-refractivity contribution in [2.75, 3.05) is 7.11 Å². The van der Waals surface area contributed by atoms with E-state index in [9.17, 15) is 4.79 Å². The largest absolute Gasteiger partial charge is 0.466 e. The molecule has 0 aromatic rings. The molecule has 0 N–H and O–H groups in total. The minimum Gasteiger partial charge on any atom is -0.466 e. The van der Waals surface area contributed by atoms with Gasteiger partial charge in [-0.1, -0.05) is 19.4 Å². The van der Waals surface area contributed by atoms with E-state index in [1.165, 1.54) is 19.1 Å². The Balaban J connectivity index is 3.05. The summed E-state index contributed by atoms with van der Waals surface area (Å²) in [6.07, 6.45) is 3.29. The Kier molecular flexibility index (Phi) is 2.79. The molecule has 0 unspecified atom stereocenters. The Hall–Kier alpha value is -0.790. The van der Waals surface area contributed by atoms with Gasteiger partial charge in [0.05, 0.1) is 7.11 Å². The van der Waals surface area contributed by atoms with Gasteiger partial charge in [-0.15, -0.1) is 0 Å². The Labute approximate surface area is 80.0 Å². The van der Waals surface area contributed by atoms with Gasteiger partial charge in [0.15, 0.2) is 0 Å². The molecular formula is C11H18O2. The summed E-state index contributed by atoms with van der Waals surface area (Å²) in [5, 5.41) is 0. The number of esters is 1. The predicted octanol–water partition coefficient (Wildman–Crippen LogP) is 2.69. The summed E-state index contributed by atoms with van der Waals surface area (Å²) in [4.78, 5) is 11.5. The summed E-state index contributed by atoms with van der Waals surface area (Å²) in [5.74, 6) is -0.151. The van der Waals surface area contributed by atoms with E-state index in [-0.39, 0.29) is 11.4 Å². The molecule has 0 fully saturated rings. The quantitative estimate of drug-likeness (QED) is 0.581. The van der Waals surface area contributed by atoms with Crippen LogP contribution in [0, 0.1) is 5.41 Å². The lowest BCUT2D eigenvalue weighted by atomic mass is 9.69. The topological polar surface area (TPSA) is 26.3 Å². The first-order valence-electron chi connectivity index (χ1n) is 4.77. The highest BCUT2D eigenvalue weighted by atomic mass is 16.5. The number of carbonyl (C=O) groups excluding carboxylic acids is 1. The molecule has 0 bridgehead atoms. The lowest BCUT2D eigenvalue weighted by Gasteiger charge is -2.32. The average Bonchev–Trinajstić information content (AvgIpc) is 2.02. The molecule has 13 heavy (non-hydrogen) atoms. The molecular weight excluding hydrogens is 163 g/mol. The van der Waals surface area contributed by atoms with Crippen LogP contribution in [-0.2, 0) is 9.53 Å². The van der Waals surface area contributed by atoms with Crippen LogP contribution in [-0.4, -0.2) is 13.1 Å². The maximum absolute atomic E-state index is 11.5.